The van der Waals surface area contributed by atoms with E-state index < -0.39 is 16.8 Å². The highest BCUT2D eigenvalue weighted by atomic mass is 16.6. The molecule has 4 rings (SSSR count). The lowest BCUT2D eigenvalue weighted by Gasteiger charge is -2.45. The molecule has 0 bridgehead atoms. The quantitative estimate of drug-likeness (QED) is 0.487. The molecule has 2 aromatic carbocycles. The van der Waals surface area contributed by atoms with Crippen LogP contribution in [0.3, 0.4) is 0 Å². The fourth-order valence-corrected chi connectivity index (χ4v) is 5.41. The van der Waals surface area contributed by atoms with Gasteiger partial charge in [-0.1, -0.05) is 66.7 Å². The van der Waals surface area contributed by atoms with Gasteiger partial charge in [-0.2, -0.15) is 0 Å². The van der Waals surface area contributed by atoms with Crippen LogP contribution in [-0.2, 0) is 10.3 Å². The van der Waals surface area contributed by atoms with Crippen LogP contribution in [0.25, 0.3) is 5.57 Å². The molecule has 1 fully saturated rings. The van der Waals surface area contributed by atoms with Crippen LogP contribution >= 0.6 is 0 Å². The van der Waals surface area contributed by atoms with Crippen molar-refractivity contribution in [2.24, 2.45) is 0 Å². The van der Waals surface area contributed by atoms with Crippen LogP contribution in [0.5, 0.6) is 0 Å². The number of hydrogen-bond acceptors (Lipinski definition) is 5. The molecule has 0 aliphatic carbocycles. The van der Waals surface area contributed by atoms with Gasteiger partial charge >= 0.3 is 6.09 Å². The van der Waals surface area contributed by atoms with Gasteiger partial charge in [0.2, 0.25) is 0 Å². The Morgan fingerprint density at radius 1 is 1.00 bits per heavy atom. The average molecular weight is 505 g/mol. The van der Waals surface area contributed by atoms with Gasteiger partial charge in [0.25, 0.3) is 0 Å². The van der Waals surface area contributed by atoms with Crippen molar-refractivity contribution in [2.45, 2.75) is 70.3 Å². The maximum atomic E-state index is 13.3. The molecule has 0 saturated carbocycles. The molecule has 37 heavy (non-hydrogen) atoms. The summed E-state index contributed by atoms with van der Waals surface area (Å²) in [6.45, 7) is 11.0. The number of rotatable bonds is 8. The summed E-state index contributed by atoms with van der Waals surface area (Å²) in [5, 5.41) is 20.8. The van der Waals surface area contributed by atoms with Crippen molar-refractivity contribution in [3.63, 3.8) is 0 Å². The summed E-state index contributed by atoms with van der Waals surface area (Å²) in [7, 11) is 0. The van der Waals surface area contributed by atoms with Crippen LogP contribution in [0.4, 0.5) is 4.79 Å². The number of aliphatic hydroxyl groups is 2. The first kappa shape index (κ1) is 27.0. The van der Waals surface area contributed by atoms with E-state index in [1.807, 2.05) is 51.1 Å². The van der Waals surface area contributed by atoms with Gasteiger partial charge in [-0.05, 0) is 56.9 Å². The summed E-state index contributed by atoms with van der Waals surface area (Å²) in [6.07, 6.45) is 6.87. The number of β-amino-alcohol motifs (C(OH)–C–C–N with tert-alkyl or cyclic N) is 1. The summed E-state index contributed by atoms with van der Waals surface area (Å²) < 4.78 is 6.14. The predicted octanol–water partition coefficient (Wildman–Crippen LogP) is 5.63. The Labute approximate surface area is 220 Å². The number of carbonyl (C=O) groups excluding carboxylic acids is 1. The van der Waals surface area contributed by atoms with Crippen molar-refractivity contribution in [1.29, 1.82) is 0 Å². The first-order chi connectivity index (χ1) is 17.4. The molecule has 2 aliphatic rings. The second-order valence-corrected chi connectivity index (χ2v) is 11.7. The van der Waals surface area contributed by atoms with Crippen LogP contribution in [0.15, 0.2) is 72.9 Å². The third-order valence-electron chi connectivity index (χ3n) is 7.03. The highest BCUT2D eigenvalue weighted by molar-refractivity contribution is 5.75. The Hall–Kier alpha value is -3.09. The molecular formula is C31H40N2O4. The van der Waals surface area contributed by atoms with Crippen LogP contribution in [0.1, 0.15) is 70.2 Å². The summed E-state index contributed by atoms with van der Waals surface area (Å²) >= 11 is 0. The Balaban J connectivity index is 1.49. The van der Waals surface area contributed by atoms with E-state index in [0.29, 0.717) is 25.9 Å². The molecule has 0 unspecified atom stereocenters. The van der Waals surface area contributed by atoms with Crippen LogP contribution in [0.2, 0.25) is 0 Å². The summed E-state index contributed by atoms with van der Waals surface area (Å²) in [6, 6.07) is 17.9. The van der Waals surface area contributed by atoms with Crippen molar-refractivity contribution < 1.29 is 19.7 Å². The third-order valence-corrected chi connectivity index (χ3v) is 7.03. The normalized spacial score (nSPS) is 21.5. The molecule has 2 aromatic rings. The van der Waals surface area contributed by atoms with E-state index in [-0.39, 0.29) is 12.1 Å². The lowest BCUT2D eigenvalue weighted by molar-refractivity contribution is -0.101. The number of nitrogens with zero attached hydrogens (tertiary/aromatic N) is 2. The van der Waals surface area contributed by atoms with Gasteiger partial charge in [-0.3, -0.25) is 0 Å². The number of allylic oxidation sites excluding steroid dienone is 2. The highest BCUT2D eigenvalue weighted by Crippen LogP contribution is 2.42. The Morgan fingerprint density at radius 3 is 2.27 bits per heavy atom. The molecule has 198 valence electrons. The van der Waals surface area contributed by atoms with Crippen LogP contribution in [-0.4, -0.2) is 56.9 Å². The minimum Gasteiger partial charge on any atom is -0.438 e. The summed E-state index contributed by atoms with van der Waals surface area (Å²) in [5.74, 6) is 0. The number of carbonyl (C=O) groups is 1. The number of hydrogen-bond donors (Lipinski definition) is 2. The van der Waals surface area contributed by atoms with Gasteiger partial charge in [-0.15, -0.1) is 0 Å². The Bertz CT molecular complexity index is 1140. The average Bonchev–Trinajstić information content (AvgIpc) is 2.82. The monoisotopic (exact) mass is 504 g/mol. The zero-order valence-electron chi connectivity index (χ0n) is 22.6. The molecule has 2 N–H and O–H groups in total. The molecule has 2 heterocycles. The highest BCUT2D eigenvalue weighted by Gasteiger charge is 2.46. The second-order valence-electron chi connectivity index (χ2n) is 11.7. The smallest absolute Gasteiger partial charge is 0.411 e. The lowest BCUT2D eigenvalue weighted by atomic mass is 9.80. The van der Waals surface area contributed by atoms with E-state index in [1.54, 1.807) is 18.7 Å². The fourth-order valence-electron chi connectivity index (χ4n) is 5.41. The van der Waals surface area contributed by atoms with Crippen LogP contribution in [0, 0.1) is 0 Å². The van der Waals surface area contributed by atoms with Crippen molar-refractivity contribution in [3.8, 4) is 0 Å². The Morgan fingerprint density at radius 2 is 1.68 bits per heavy atom. The molecular weight excluding hydrogens is 464 g/mol. The van der Waals surface area contributed by atoms with E-state index in [2.05, 4.69) is 47.5 Å². The van der Waals surface area contributed by atoms with E-state index in [0.717, 1.165) is 28.8 Å². The number of amides is 1. The zero-order valence-corrected chi connectivity index (χ0v) is 22.6. The number of benzene rings is 2. The van der Waals surface area contributed by atoms with Gasteiger partial charge in [0.05, 0.1) is 17.2 Å². The molecule has 2 aliphatic heterocycles. The predicted molar refractivity (Wildman–Crippen MR) is 147 cm³/mol. The zero-order chi connectivity index (χ0) is 26.8. The first-order valence-corrected chi connectivity index (χ1v) is 13.1. The molecule has 6 nitrogen and oxygen atoms in total. The summed E-state index contributed by atoms with van der Waals surface area (Å²) in [4.78, 5) is 17.2. The van der Waals surface area contributed by atoms with E-state index in [4.69, 9.17) is 4.74 Å². The van der Waals surface area contributed by atoms with E-state index in [1.165, 1.54) is 0 Å². The maximum absolute atomic E-state index is 13.3. The van der Waals surface area contributed by atoms with Gasteiger partial charge < -0.3 is 24.7 Å². The summed E-state index contributed by atoms with van der Waals surface area (Å²) in [5.41, 5.74) is 1.52. The van der Waals surface area contributed by atoms with E-state index >= 15 is 0 Å². The topological polar surface area (TPSA) is 73.2 Å². The van der Waals surface area contributed by atoms with Crippen molar-refractivity contribution in [2.75, 3.05) is 19.6 Å². The molecule has 0 aromatic heterocycles. The molecule has 0 spiro atoms. The molecule has 0 radical (unpaired) electrons. The van der Waals surface area contributed by atoms with Crippen molar-refractivity contribution >= 4 is 11.7 Å². The third kappa shape index (κ3) is 6.62. The standard InChI is InChI=1S/C31H40N2O4/c1-23(24-13-15-25(16-14-24)26-10-9-18-32(20-26)22-30(4,5)36)33-19-17-31(37-28(33)34,21-29(2,3)35)27-11-7-6-8-12-27/h6-16,20,23,35-36H,17-19,21-22H2,1-5H3/t23-,31-/m0/s1. The SMILES string of the molecule is C[C@@H](c1ccc(C2=CN(CC(C)(C)O)CC=C2)cc1)N1CC[C@](CC(C)(C)O)(c2ccccc2)OC1=O. The van der Waals surface area contributed by atoms with Gasteiger partial charge in [0.15, 0.2) is 0 Å². The number of ether oxygens (including phenoxy) is 1. The minimum absolute atomic E-state index is 0.153. The second kappa shape index (κ2) is 10.3. The molecule has 1 amide bonds. The molecule has 2 atom stereocenters. The maximum Gasteiger partial charge on any atom is 0.411 e. The van der Waals surface area contributed by atoms with E-state index in [9.17, 15) is 15.0 Å². The minimum atomic E-state index is -0.982. The first-order valence-electron chi connectivity index (χ1n) is 13.1. The molecule has 6 heteroatoms. The molecule has 1 saturated heterocycles. The number of cyclic esters (lactones) is 1. The van der Waals surface area contributed by atoms with Crippen molar-refractivity contribution in [3.05, 3.63) is 89.6 Å². The van der Waals surface area contributed by atoms with Crippen molar-refractivity contribution in [1.82, 2.24) is 9.80 Å². The lowest BCUT2D eigenvalue weighted by Crippen LogP contribution is -2.51. The Kier molecular flexibility index (Phi) is 7.54. The van der Waals surface area contributed by atoms with Gasteiger partial charge in [0, 0.05) is 38.7 Å². The fraction of sp³-hybridized carbons (Fsp3) is 0.452. The largest absolute Gasteiger partial charge is 0.438 e. The van der Waals surface area contributed by atoms with Gasteiger partial charge in [-0.25, -0.2) is 4.79 Å². The van der Waals surface area contributed by atoms with Gasteiger partial charge in [0.1, 0.15) is 5.60 Å². The van der Waals surface area contributed by atoms with Crippen LogP contribution < -0.4 is 0 Å².